The number of alkyl halides is 1. The Hall–Kier alpha value is 0.200. The van der Waals surface area contributed by atoms with E-state index in [1.54, 1.807) is 0 Å². The molecule has 0 unspecified atom stereocenters. The van der Waals surface area contributed by atoms with Gasteiger partial charge < -0.3 is 4.74 Å². The maximum Gasteiger partial charge on any atom is 0.313 e. The van der Waals surface area contributed by atoms with Crippen molar-refractivity contribution in [1.29, 1.82) is 0 Å². The number of fused-ring (bicyclic) bond motifs is 2. The van der Waals surface area contributed by atoms with Crippen LogP contribution in [0.3, 0.4) is 0 Å². The van der Waals surface area contributed by atoms with Crippen LogP contribution in [0.4, 0.5) is 0 Å². The Morgan fingerprint density at radius 1 is 1.73 bits per heavy atom. The van der Waals surface area contributed by atoms with Crippen LogP contribution in [-0.4, -0.2) is 16.0 Å². The van der Waals surface area contributed by atoms with Crippen LogP contribution in [0.25, 0.3) is 0 Å². The van der Waals surface area contributed by atoms with Crippen molar-refractivity contribution in [1.82, 2.24) is 0 Å². The molecule has 1 saturated heterocycles. The summed E-state index contributed by atoms with van der Waals surface area (Å²) in [4.78, 5) is 11.4. The van der Waals surface area contributed by atoms with Gasteiger partial charge in [0.15, 0.2) is 0 Å². The third kappa shape index (κ3) is 0.927. The molecule has 2 bridgehead atoms. The predicted octanol–water partition coefficient (Wildman–Crippen LogP) is 1.91. The average Bonchev–Trinajstić information content (AvgIpc) is 2.16. The van der Waals surface area contributed by atoms with Gasteiger partial charge in [0.05, 0.1) is 9.34 Å². The van der Waals surface area contributed by atoms with Gasteiger partial charge in [0.25, 0.3) is 0 Å². The second-order valence-electron chi connectivity index (χ2n) is 3.66. The summed E-state index contributed by atoms with van der Waals surface area (Å²) in [6.07, 6.45) is 3.43. The summed E-state index contributed by atoms with van der Waals surface area (Å²) in [6.45, 7) is 2.03. The fourth-order valence-corrected chi connectivity index (χ4v) is 3.04. The molecule has 0 spiro atoms. The van der Waals surface area contributed by atoms with Crippen molar-refractivity contribution < 1.29 is 9.53 Å². The summed E-state index contributed by atoms with van der Waals surface area (Å²) in [5.74, 6) is 0.0272. The smallest absolute Gasteiger partial charge is 0.313 e. The molecule has 2 aliphatic rings. The van der Waals surface area contributed by atoms with E-state index < -0.39 is 0 Å². The minimum Gasteiger partial charge on any atom is -0.461 e. The Labute approximate surface area is 79.8 Å². The zero-order chi connectivity index (χ0) is 8.06. The summed E-state index contributed by atoms with van der Waals surface area (Å²) in [6, 6.07) is 0. The lowest BCUT2D eigenvalue weighted by Gasteiger charge is -2.28. The highest BCUT2D eigenvalue weighted by molar-refractivity contribution is 14.1. The molecule has 62 valence electrons. The largest absolute Gasteiger partial charge is 0.461 e. The minimum atomic E-state index is -0.163. The van der Waals surface area contributed by atoms with Crippen molar-refractivity contribution in [2.75, 3.05) is 0 Å². The number of hydrogen-bond donors (Lipinski definition) is 0. The fraction of sp³-hybridized carbons (Fsp3) is 0.875. The molecular weight excluding hydrogens is 255 g/mol. The first-order chi connectivity index (χ1) is 5.14. The van der Waals surface area contributed by atoms with Crippen LogP contribution in [0.15, 0.2) is 0 Å². The molecule has 1 aliphatic carbocycles. The van der Waals surface area contributed by atoms with Gasteiger partial charge in [-0.05, 0) is 26.2 Å². The van der Waals surface area contributed by atoms with Crippen LogP contribution in [0.1, 0.15) is 26.2 Å². The van der Waals surface area contributed by atoms with E-state index in [9.17, 15) is 4.79 Å². The average molecular weight is 266 g/mol. The second kappa shape index (κ2) is 2.34. The Morgan fingerprint density at radius 3 is 3.00 bits per heavy atom. The van der Waals surface area contributed by atoms with Crippen LogP contribution in [-0.2, 0) is 9.53 Å². The van der Waals surface area contributed by atoms with E-state index in [4.69, 9.17) is 4.74 Å². The molecule has 1 saturated carbocycles. The standard InChI is InChI=1S/C8H11IO2/c1-8-4-2-3-5(6(8)9)11-7(8)10/h5-6H,2-4H2,1H3/t5-,6+,8+/m1/s1. The van der Waals surface area contributed by atoms with Gasteiger partial charge in [-0.15, -0.1) is 0 Å². The van der Waals surface area contributed by atoms with Gasteiger partial charge in [0.1, 0.15) is 6.10 Å². The van der Waals surface area contributed by atoms with Gasteiger partial charge >= 0.3 is 5.97 Å². The number of esters is 1. The van der Waals surface area contributed by atoms with E-state index in [2.05, 4.69) is 22.6 Å². The van der Waals surface area contributed by atoms with E-state index in [0.29, 0.717) is 3.92 Å². The van der Waals surface area contributed by atoms with Crippen LogP contribution < -0.4 is 0 Å². The summed E-state index contributed by atoms with van der Waals surface area (Å²) < 4.78 is 5.66. The van der Waals surface area contributed by atoms with Gasteiger partial charge in [0, 0.05) is 0 Å². The minimum absolute atomic E-state index is 0.0272. The summed E-state index contributed by atoms with van der Waals surface area (Å²) >= 11 is 2.36. The molecule has 0 aromatic carbocycles. The molecule has 0 aromatic heterocycles. The lowest BCUT2D eigenvalue weighted by Crippen LogP contribution is -2.35. The molecule has 1 heterocycles. The van der Waals surface area contributed by atoms with Crippen LogP contribution in [0, 0.1) is 5.41 Å². The Kier molecular flexibility index (Phi) is 1.67. The number of hydrogen-bond acceptors (Lipinski definition) is 2. The van der Waals surface area contributed by atoms with E-state index in [0.717, 1.165) is 19.3 Å². The zero-order valence-corrected chi connectivity index (χ0v) is 8.63. The van der Waals surface area contributed by atoms with E-state index >= 15 is 0 Å². The monoisotopic (exact) mass is 266 g/mol. The highest BCUT2D eigenvalue weighted by Gasteiger charge is 2.54. The maximum absolute atomic E-state index is 11.4. The van der Waals surface area contributed by atoms with Gasteiger partial charge in [-0.2, -0.15) is 0 Å². The number of carbonyl (C=O) groups is 1. The van der Waals surface area contributed by atoms with Crippen LogP contribution >= 0.6 is 22.6 Å². The molecule has 11 heavy (non-hydrogen) atoms. The molecule has 0 aromatic rings. The second-order valence-corrected chi connectivity index (χ2v) is 5.00. The van der Waals surface area contributed by atoms with Gasteiger partial charge in [-0.25, -0.2) is 0 Å². The summed E-state index contributed by atoms with van der Waals surface area (Å²) in [5, 5.41) is 0. The molecular formula is C8H11IO2. The number of rotatable bonds is 0. The highest BCUT2D eigenvalue weighted by Crippen LogP contribution is 2.48. The fourth-order valence-electron chi connectivity index (χ4n) is 1.97. The summed E-state index contributed by atoms with van der Waals surface area (Å²) in [5.41, 5.74) is -0.163. The summed E-state index contributed by atoms with van der Waals surface area (Å²) in [7, 11) is 0. The molecule has 0 N–H and O–H groups in total. The third-order valence-electron chi connectivity index (χ3n) is 2.84. The highest BCUT2D eigenvalue weighted by atomic mass is 127. The molecule has 3 atom stereocenters. The van der Waals surface area contributed by atoms with Crippen LogP contribution in [0.5, 0.6) is 0 Å². The third-order valence-corrected chi connectivity index (χ3v) is 5.02. The van der Waals surface area contributed by atoms with Crippen molar-refractivity contribution in [2.24, 2.45) is 5.41 Å². The Morgan fingerprint density at radius 2 is 2.45 bits per heavy atom. The topological polar surface area (TPSA) is 26.3 Å². The zero-order valence-electron chi connectivity index (χ0n) is 6.47. The molecule has 2 nitrogen and oxygen atoms in total. The van der Waals surface area contributed by atoms with Crippen LogP contribution in [0.2, 0.25) is 0 Å². The first-order valence-electron chi connectivity index (χ1n) is 4.00. The molecule has 2 fully saturated rings. The van der Waals surface area contributed by atoms with Crippen molar-refractivity contribution in [2.45, 2.75) is 36.2 Å². The lowest BCUT2D eigenvalue weighted by molar-refractivity contribution is -0.147. The first-order valence-corrected chi connectivity index (χ1v) is 5.24. The van der Waals surface area contributed by atoms with Crippen molar-refractivity contribution in [3.63, 3.8) is 0 Å². The Bertz CT molecular complexity index is 204. The van der Waals surface area contributed by atoms with Gasteiger partial charge in [-0.3, -0.25) is 4.79 Å². The SMILES string of the molecule is C[C@@]12CCC[C@@H](OC1=O)[C@@H]2I. The van der Waals surface area contributed by atoms with E-state index in [1.807, 2.05) is 6.92 Å². The van der Waals surface area contributed by atoms with Crippen molar-refractivity contribution >= 4 is 28.6 Å². The molecule has 0 radical (unpaired) electrons. The number of ether oxygens (including phenoxy) is 1. The van der Waals surface area contributed by atoms with E-state index in [-0.39, 0.29) is 17.5 Å². The van der Waals surface area contributed by atoms with Gasteiger partial charge in [-0.1, -0.05) is 22.6 Å². The molecule has 2 rings (SSSR count). The quantitative estimate of drug-likeness (QED) is 0.380. The normalized spacial score (nSPS) is 49.1. The van der Waals surface area contributed by atoms with E-state index in [1.165, 1.54) is 0 Å². The predicted molar refractivity (Wildman–Crippen MR) is 49.6 cm³/mol. The molecule has 3 heteroatoms. The van der Waals surface area contributed by atoms with Crippen molar-refractivity contribution in [3.05, 3.63) is 0 Å². The number of carbonyl (C=O) groups excluding carboxylic acids is 1. The Balaban J connectivity index is 2.34. The van der Waals surface area contributed by atoms with Gasteiger partial charge in [0.2, 0.25) is 0 Å². The van der Waals surface area contributed by atoms with Crippen molar-refractivity contribution in [3.8, 4) is 0 Å². The molecule has 0 amide bonds. The molecule has 1 aliphatic heterocycles. The maximum atomic E-state index is 11.4. The first kappa shape index (κ1) is 7.83. The number of halogens is 1. The lowest BCUT2D eigenvalue weighted by atomic mass is 9.77.